The number of aromatic nitrogens is 4. The van der Waals surface area contributed by atoms with Gasteiger partial charge in [0, 0.05) is 31.9 Å². The molecule has 202 valence electrons. The molecule has 0 aliphatic carbocycles. The summed E-state index contributed by atoms with van der Waals surface area (Å²) in [6, 6.07) is 4.24. The van der Waals surface area contributed by atoms with Crippen LogP contribution in [0.2, 0.25) is 0 Å². The summed E-state index contributed by atoms with van der Waals surface area (Å²) >= 11 is 0. The molecule has 1 saturated heterocycles. The normalized spacial score (nSPS) is 16.3. The number of rotatable bonds is 6. The van der Waals surface area contributed by atoms with Crippen molar-refractivity contribution in [3.8, 4) is 0 Å². The van der Waals surface area contributed by atoms with Crippen molar-refractivity contribution >= 4 is 28.8 Å². The van der Waals surface area contributed by atoms with Crippen molar-refractivity contribution in [1.29, 1.82) is 0 Å². The van der Waals surface area contributed by atoms with E-state index in [4.69, 9.17) is 4.74 Å². The number of amides is 1. The summed E-state index contributed by atoms with van der Waals surface area (Å²) < 4.78 is 47.3. The van der Waals surface area contributed by atoms with Crippen LogP contribution in [0.1, 0.15) is 36.8 Å². The molecule has 38 heavy (non-hydrogen) atoms. The molecule has 1 aromatic carbocycles. The molecule has 10 nitrogen and oxygen atoms in total. The second-order valence-electron chi connectivity index (χ2n) is 9.11. The summed E-state index contributed by atoms with van der Waals surface area (Å²) in [5.74, 6) is 0.465. The molecule has 13 heteroatoms. The van der Waals surface area contributed by atoms with Crippen molar-refractivity contribution in [2.45, 2.75) is 38.9 Å². The molecule has 0 radical (unpaired) electrons. The van der Waals surface area contributed by atoms with Gasteiger partial charge in [0.1, 0.15) is 12.2 Å². The number of carbonyl (C=O) groups excluding carboxylic acids is 1. The van der Waals surface area contributed by atoms with E-state index in [-0.39, 0.29) is 29.4 Å². The van der Waals surface area contributed by atoms with Crippen molar-refractivity contribution in [1.82, 2.24) is 24.5 Å². The van der Waals surface area contributed by atoms with Gasteiger partial charge < -0.3 is 24.8 Å². The van der Waals surface area contributed by atoms with Crippen LogP contribution in [0.15, 0.2) is 35.1 Å². The Hall–Kier alpha value is -3.87. The van der Waals surface area contributed by atoms with Gasteiger partial charge in [-0.1, -0.05) is 6.92 Å². The van der Waals surface area contributed by atoms with Crippen molar-refractivity contribution in [3.63, 3.8) is 0 Å². The third kappa shape index (κ3) is 5.10. The Morgan fingerprint density at radius 3 is 2.55 bits per heavy atom. The third-order valence-electron chi connectivity index (χ3n) is 6.55. The van der Waals surface area contributed by atoms with Gasteiger partial charge in [-0.15, -0.1) is 5.10 Å². The first-order valence-electron chi connectivity index (χ1n) is 12.5. The maximum Gasteiger partial charge on any atom is 0.416 e. The SMILES string of the molecule is CCc1c(N2CCNCC2)c(=O)n2nc(C3=CCCCO3)nc2n1CC(=O)Nc1ccc(C(F)(F)F)cc1. The van der Waals surface area contributed by atoms with Crippen molar-refractivity contribution in [2.24, 2.45) is 0 Å². The first kappa shape index (κ1) is 25.8. The van der Waals surface area contributed by atoms with Crippen LogP contribution < -0.4 is 21.1 Å². The molecule has 0 saturated carbocycles. The van der Waals surface area contributed by atoms with E-state index in [2.05, 4.69) is 20.7 Å². The lowest BCUT2D eigenvalue weighted by atomic mass is 10.2. The van der Waals surface area contributed by atoms with Crippen LogP contribution in [0.5, 0.6) is 0 Å². The molecule has 0 unspecified atom stereocenters. The van der Waals surface area contributed by atoms with Crippen LogP contribution in [0.3, 0.4) is 0 Å². The summed E-state index contributed by atoms with van der Waals surface area (Å²) in [6.07, 6.45) is -0.469. The van der Waals surface area contributed by atoms with Gasteiger partial charge >= 0.3 is 6.18 Å². The minimum atomic E-state index is -4.47. The molecule has 2 aliphatic heterocycles. The number of piperazine rings is 1. The van der Waals surface area contributed by atoms with Crippen molar-refractivity contribution < 1.29 is 22.7 Å². The van der Waals surface area contributed by atoms with Gasteiger partial charge in [-0.2, -0.15) is 22.7 Å². The number of hydrogen-bond acceptors (Lipinski definition) is 7. The van der Waals surface area contributed by atoms with E-state index in [0.717, 1.165) is 25.0 Å². The van der Waals surface area contributed by atoms with Gasteiger partial charge in [0.2, 0.25) is 17.5 Å². The highest BCUT2D eigenvalue weighted by Crippen LogP contribution is 2.30. The minimum absolute atomic E-state index is 0.193. The summed E-state index contributed by atoms with van der Waals surface area (Å²) in [5.41, 5.74) is 0.182. The molecule has 0 bridgehead atoms. The van der Waals surface area contributed by atoms with Crippen LogP contribution in [0.4, 0.5) is 24.5 Å². The highest BCUT2D eigenvalue weighted by atomic mass is 19.4. The van der Waals surface area contributed by atoms with Crippen LogP contribution in [0, 0.1) is 0 Å². The van der Waals surface area contributed by atoms with Crippen molar-refractivity contribution in [3.05, 3.63) is 57.8 Å². The lowest BCUT2D eigenvalue weighted by Crippen LogP contribution is -2.47. The summed E-state index contributed by atoms with van der Waals surface area (Å²) in [5, 5.41) is 10.4. The number of nitrogens with one attached hydrogen (secondary N) is 2. The molecule has 0 spiro atoms. The highest BCUT2D eigenvalue weighted by molar-refractivity contribution is 5.91. The van der Waals surface area contributed by atoms with E-state index in [0.29, 0.717) is 56.3 Å². The predicted octanol–water partition coefficient (Wildman–Crippen LogP) is 2.67. The van der Waals surface area contributed by atoms with Gasteiger partial charge in [0.05, 0.1) is 17.9 Å². The summed E-state index contributed by atoms with van der Waals surface area (Å²) in [4.78, 5) is 33.3. The Labute approximate surface area is 216 Å². The number of fused-ring (bicyclic) bond motifs is 1. The molecular weight excluding hydrogens is 503 g/mol. The van der Waals surface area contributed by atoms with Crippen LogP contribution in [-0.4, -0.2) is 57.9 Å². The molecule has 4 heterocycles. The van der Waals surface area contributed by atoms with Crippen molar-refractivity contribution in [2.75, 3.05) is 43.0 Å². The van der Waals surface area contributed by atoms with Gasteiger partial charge in [0.15, 0.2) is 5.76 Å². The average molecular weight is 532 g/mol. The molecular formula is C25H28F3N7O3. The Balaban J connectivity index is 1.55. The third-order valence-corrected chi connectivity index (χ3v) is 6.55. The zero-order chi connectivity index (χ0) is 26.9. The number of benzene rings is 1. The number of anilines is 2. The topological polar surface area (TPSA) is 106 Å². The standard InChI is InChI=1S/C25H28F3N7O3/c1-2-18-21(33-12-10-29-11-13-33)23(37)35-24(31-22(32-35)19-5-3-4-14-38-19)34(18)15-20(36)30-17-8-6-16(7-9-17)25(26,27)28/h5-9,29H,2-4,10-15H2,1H3,(H,30,36). The average Bonchev–Trinajstić information content (AvgIpc) is 3.37. The largest absolute Gasteiger partial charge is 0.490 e. The van der Waals surface area contributed by atoms with E-state index < -0.39 is 17.6 Å². The molecule has 2 aliphatic rings. The number of hydrogen-bond donors (Lipinski definition) is 2. The number of ether oxygens (including phenoxy) is 1. The van der Waals surface area contributed by atoms with Gasteiger partial charge in [-0.05, 0) is 49.6 Å². The molecule has 1 amide bonds. The fraction of sp³-hybridized carbons (Fsp3) is 0.440. The van der Waals surface area contributed by atoms with E-state index in [1.54, 1.807) is 4.57 Å². The molecule has 2 aromatic heterocycles. The van der Waals surface area contributed by atoms with E-state index in [1.165, 1.54) is 16.6 Å². The minimum Gasteiger partial charge on any atom is -0.490 e. The van der Waals surface area contributed by atoms with E-state index in [9.17, 15) is 22.8 Å². The Morgan fingerprint density at radius 2 is 1.92 bits per heavy atom. The second kappa shape index (κ2) is 10.5. The Kier molecular flexibility index (Phi) is 7.11. The maximum atomic E-state index is 13.7. The molecule has 1 fully saturated rings. The molecule has 0 atom stereocenters. The molecule has 2 N–H and O–H groups in total. The second-order valence-corrected chi connectivity index (χ2v) is 9.11. The lowest BCUT2D eigenvalue weighted by Gasteiger charge is -2.31. The molecule has 3 aromatic rings. The number of halogens is 3. The summed E-state index contributed by atoms with van der Waals surface area (Å²) in [7, 11) is 0. The number of nitrogens with zero attached hydrogens (tertiary/aromatic N) is 5. The smallest absolute Gasteiger partial charge is 0.416 e. The Bertz CT molecular complexity index is 1420. The fourth-order valence-corrected chi connectivity index (χ4v) is 4.72. The number of alkyl halides is 3. The van der Waals surface area contributed by atoms with E-state index >= 15 is 0 Å². The van der Waals surface area contributed by atoms with Crippen LogP contribution in [0.25, 0.3) is 11.5 Å². The first-order valence-corrected chi connectivity index (χ1v) is 12.5. The number of allylic oxidation sites excluding steroid dienone is 1. The van der Waals surface area contributed by atoms with Gasteiger partial charge in [-0.25, -0.2) is 0 Å². The number of carbonyl (C=O) groups is 1. The highest BCUT2D eigenvalue weighted by Gasteiger charge is 2.30. The monoisotopic (exact) mass is 531 g/mol. The van der Waals surface area contributed by atoms with Crippen LogP contribution >= 0.6 is 0 Å². The van der Waals surface area contributed by atoms with Gasteiger partial charge in [0.25, 0.3) is 5.56 Å². The summed E-state index contributed by atoms with van der Waals surface area (Å²) in [6.45, 7) is 4.84. The lowest BCUT2D eigenvalue weighted by molar-refractivity contribution is -0.137. The Morgan fingerprint density at radius 1 is 1.18 bits per heavy atom. The zero-order valence-electron chi connectivity index (χ0n) is 20.8. The van der Waals surface area contributed by atoms with Crippen LogP contribution in [-0.2, 0) is 28.7 Å². The fourth-order valence-electron chi connectivity index (χ4n) is 4.72. The maximum absolute atomic E-state index is 13.7. The first-order chi connectivity index (χ1) is 18.3. The molecule has 5 rings (SSSR count). The predicted molar refractivity (Wildman–Crippen MR) is 135 cm³/mol. The van der Waals surface area contributed by atoms with Gasteiger partial charge in [-0.3, -0.25) is 9.59 Å². The van der Waals surface area contributed by atoms with E-state index in [1.807, 2.05) is 17.9 Å². The quantitative estimate of drug-likeness (QED) is 0.504. The zero-order valence-corrected chi connectivity index (χ0v) is 20.8.